The Hall–Kier alpha value is -1.39. The Kier molecular flexibility index (Phi) is 5.01. The lowest BCUT2D eigenvalue weighted by atomic mass is 10.0. The van der Waals surface area contributed by atoms with Crippen molar-refractivity contribution >= 4 is 18.9 Å². The van der Waals surface area contributed by atoms with E-state index in [9.17, 15) is 4.79 Å². The van der Waals surface area contributed by atoms with Crippen molar-refractivity contribution in [1.82, 2.24) is 0 Å². The van der Waals surface area contributed by atoms with Crippen LogP contribution in [0.3, 0.4) is 0 Å². The van der Waals surface area contributed by atoms with Crippen LogP contribution in [0.5, 0.6) is 0 Å². The molecule has 1 aliphatic heterocycles. The molecule has 1 heterocycles. The Morgan fingerprint density at radius 2 is 1.81 bits per heavy atom. The molecule has 0 unspecified atom stereocenters. The molecule has 3 nitrogen and oxygen atoms in total. The van der Waals surface area contributed by atoms with Crippen molar-refractivity contribution in [1.29, 1.82) is 5.26 Å². The van der Waals surface area contributed by atoms with Crippen LogP contribution in [0, 0.1) is 25.2 Å². The average Bonchev–Trinajstić information content (AvgIpc) is 2.42. The Labute approximate surface area is 128 Å². The lowest BCUT2D eigenvalue weighted by Crippen LogP contribution is -2.23. The van der Waals surface area contributed by atoms with Crippen molar-refractivity contribution in [2.45, 2.75) is 33.1 Å². The van der Waals surface area contributed by atoms with Crippen LogP contribution >= 0.6 is 7.26 Å². The monoisotopic (exact) mass is 303 g/mol. The minimum Gasteiger partial charge on any atom is -0.322 e. The quantitative estimate of drug-likeness (QED) is 0.860. The molecule has 1 aromatic carbocycles. The predicted molar refractivity (Wildman–Crippen MR) is 90.6 cm³/mol. The Morgan fingerprint density at radius 1 is 1.24 bits per heavy atom. The molecule has 4 heteroatoms. The van der Waals surface area contributed by atoms with E-state index in [0.29, 0.717) is 11.7 Å². The topological polar surface area (TPSA) is 52.9 Å². The summed E-state index contributed by atoms with van der Waals surface area (Å²) in [5.74, 6) is 0.142. The fraction of sp³-hybridized carbons (Fsp3) is 0.529. The van der Waals surface area contributed by atoms with Crippen molar-refractivity contribution < 1.29 is 4.79 Å². The van der Waals surface area contributed by atoms with E-state index in [1.165, 1.54) is 31.6 Å². The third-order valence-corrected chi connectivity index (χ3v) is 8.19. The zero-order valence-electron chi connectivity index (χ0n) is 13.2. The minimum atomic E-state index is -1.07. The van der Waals surface area contributed by atoms with E-state index in [4.69, 9.17) is 5.26 Å². The summed E-state index contributed by atoms with van der Waals surface area (Å²) in [4.78, 5) is 12.4. The number of benzene rings is 1. The van der Waals surface area contributed by atoms with Crippen LogP contribution in [0.2, 0.25) is 0 Å². The summed E-state index contributed by atoms with van der Waals surface area (Å²) in [6.45, 7) is 6.23. The van der Waals surface area contributed by atoms with E-state index < -0.39 is 7.26 Å². The van der Waals surface area contributed by atoms with Crippen LogP contribution < -0.4 is 5.32 Å². The highest BCUT2D eigenvalue weighted by Crippen LogP contribution is 2.58. The fourth-order valence-corrected chi connectivity index (χ4v) is 6.47. The summed E-state index contributed by atoms with van der Waals surface area (Å²) in [6, 6.07) is 5.82. The number of hydrogen-bond acceptors (Lipinski definition) is 2. The second kappa shape index (κ2) is 6.58. The van der Waals surface area contributed by atoms with Gasteiger partial charge in [0.25, 0.3) is 5.91 Å². The summed E-state index contributed by atoms with van der Waals surface area (Å²) in [5, 5.41) is 12.1. The molecule has 21 heavy (non-hydrogen) atoms. The molecule has 0 saturated carbocycles. The van der Waals surface area contributed by atoms with Gasteiger partial charge in [0.15, 0.2) is 0 Å². The molecule has 0 aromatic heterocycles. The first-order valence-electron chi connectivity index (χ1n) is 7.58. The molecule has 0 radical (unpaired) electrons. The summed E-state index contributed by atoms with van der Waals surface area (Å²) in [6.07, 6.45) is 7.10. The molecule has 0 spiro atoms. The van der Waals surface area contributed by atoms with E-state index in [1.807, 2.05) is 26.0 Å². The van der Waals surface area contributed by atoms with Crippen molar-refractivity contribution in [2.24, 2.45) is 0 Å². The van der Waals surface area contributed by atoms with E-state index in [2.05, 4.69) is 18.1 Å². The number of rotatable bonds is 3. The molecule has 0 bridgehead atoms. The van der Waals surface area contributed by atoms with Crippen LogP contribution in [0.15, 0.2) is 12.1 Å². The summed E-state index contributed by atoms with van der Waals surface area (Å²) >= 11 is 0. The van der Waals surface area contributed by atoms with Crippen LogP contribution in [-0.2, 0) is 4.79 Å². The molecule has 2 rings (SSSR count). The molecule has 112 valence electrons. The number of aryl methyl sites for hydroxylation is 2. The number of hydrogen-bond donors (Lipinski definition) is 1. The summed E-state index contributed by atoms with van der Waals surface area (Å²) in [7, 11) is -1.07. The summed E-state index contributed by atoms with van der Waals surface area (Å²) < 4.78 is 0. The van der Waals surface area contributed by atoms with Gasteiger partial charge in [-0.1, -0.05) is 0 Å². The van der Waals surface area contributed by atoms with Crippen molar-refractivity contribution in [3.8, 4) is 6.07 Å². The highest BCUT2D eigenvalue weighted by Gasteiger charge is 2.36. The molecule has 0 aliphatic carbocycles. The van der Waals surface area contributed by atoms with Gasteiger partial charge in [0.1, 0.15) is 6.16 Å². The first-order valence-corrected chi connectivity index (χ1v) is 10.4. The van der Waals surface area contributed by atoms with Crippen molar-refractivity contribution in [3.63, 3.8) is 0 Å². The van der Waals surface area contributed by atoms with Gasteiger partial charge < -0.3 is 5.32 Å². The lowest BCUT2D eigenvalue weighted by Gasteiger charge is -2.26. The van der Waals surface area contributed by atoms with Crippen LogP contribution in [0.4, 0.5) is 5.69 Å². The number of nitriles is 1. The third-order valence-electron chi connectivity index (χ3n) is 4.35. The minimum absolute atomic E-state index is 0.142. The van der Waals surface area contributed by atoms with Crippen LogP contribution in [0.25, 0.3) is 0 Å². The third kappa shape index (κ3) is 4.05. The van der Waals surface area contributed by atoms with Gasteiger partial charge in [0.2, 0.25) is 0 Å². The van der Waals surface area contributed by atoms with E-state index in [0.717, 1.165) is 16.8 Å². The van der Waals surface area contributed by atoms with Gasteiger partial charge in [0.05, 0.1) is 24.0 Å². The molecule has 1 aromatic rings. The van der Waals surface area contributed by atoms with Gasteiger partial charge in [-0.3, -0.25) is 4.79 Å². The molecular weight excluding hydrogens is 279 g/mol. The Balaban J connectivity index is 2.08. The molecule has 0 atom stereocenters. The second-order valence-electron chi connectivity index (χ2n) is 6.43. The van der Waals surface area contributed by atoms with E-state index >= 15 is 0 Å². The maximum atomic E-state index is 12.4. The van der Waals surface area contributed by atoms with Gasteiger partial charge in [-0.15, -0.1) is 0 Å². The van der Waals surface area contributed by atoms with Gasteiger partial charge in [-0.05, 0) is 56.4 Å². The maximum absolute atomic E-state index is 12.4. The maximum Gasteiger partial charge on any atom is 0.261 e. The van der Waals surface area contributed by atoms with Gasteiger partial charge in [-0.25, -0.2) is 0 Å². The first-order chi connectivity index (χ1) is 9.93. The van der Waals surface area contributed by atoms with Crippen molar-refractivity contribution in [3.05, 3.63) is 28.8 Å². The van der Waals surface area contributed by atoms with Crippen molar-refractivity contribution in [2.75, 3.05) is 30.5 Å². The van der Waals surface area contributed by atoms with Crippen LogP contribution in [-0.4, -0.2) is 31.1 Å². The van der Waals surface area contributed by atoms with Crippen LogP contribution in [0.1, 0.15) is 36.0 Å². The Morgan fingerprint density at radius 3 is 2.33 bits per heavy atom. The number of carbonyl (C=O) groups excluding carboxylic acids is 1. The predicted octanol–water partition coefficient (Wildman–Crippen LogP) is 3.94. The zero-order valence-corrected chi connectivity index (χ0v) is 14.1. The largest absolute Gasteiger partial charge is 0.322 e. The lowest BCUT2D eigenvalue weighted by molar-refractivity contribution is -0.113. The van der Waals surface area contributed by atoms with E-state index in [-0.39, 0.29) is 5.91 Å². The molecule has 1 aliphatic rings. The van der Waals surface area contributed by atoms with E-state index in [1.54, 1.807) is 0 Å². The number of nitrogens with one attached hydrogen (secondary N) is 1. The fourth-order valence-electron chi connectivity index (χ4n) is 3.18. The molecular formula is C17H24N2OP+. The SMILES string of the molecule is Cc1cc(C#N)cc(C)c1NC(=O)C[P+]1(C)CCCCC1. The van der Waals surface area contributed by atoms with Gasteiger partial charge in [-0.2, -0.15) is 5.26 Å². The first kappa shape index (κ1) is 16.0. The highest BCUT2D eigenvalue weighted by molar-refractivity contribution is 7.76. The smallest absolute Gasteiger partial charge is 0.261 e. The normalized spacial score (nSPS) is 17.0. The number of amides is 1. The van der Waals surface area contributed by atoms with Gasteiger partial charge >= 0.3 is 0 Å². The Bertz CT molecular complexity index is 560. The molecule has 1 saturated heterocycles. The highest BCUT2D eigenvalue weighted by atomic mass is 31.2. The van der Waals surface area contributed by atoms with Gasteiger partial charge in [0, 0.05) is 19.6 Å². The molecule has 1 N–H and O–H groups in total. The molecule has 1 fully saturated rings. The number of anilines is 1. The number of carbonyl (C=O) groups is 1. The standard InChI is InChI=1S/C17H23N2OP/c1-13-9-15(11-18)10-14(2)17(13)19-16(20)12-21(3)7-5-4-6-8-21/h9-10H,4-8,12H2,1-3H3/p+1. The molecule has 1 amide bonds. The number of nitrogens with zero attached hydrogens (tertiary/aromatic N) is 1. The second-order valence-corrected chi connectivity index (χ2v) is 10.9. The zero-order chi connectivity index (χ0) is 15.5. The average molecular weight is 303 g/mol. The summed E-state index contributed by atoms with van der Waals surface area (Å²) in [5.41, 5.74) is 3.46.